The number of halogens is 1. The Hall–Kier alpha value is -3.07. The molecule has 0 bridgehead atoms. The summed E-state index contributed by atoms with van der Waals surface area (Å²) in [6.45, 7) is 2.61. The maximum atomic E-state index is 13.0. The number of anilines is 1. The highest BCUT2D eigenvalue weighted by molar-refractivity contribution is 7.99. The Morgan fingerprint density at radius 2 is 1.76 bits per heavy atom. The van der Waals surface area contributed by atoms with E-state index in [0.29, 0.717) is 34.7 Å². The summed E-state index contributed by atoms with van der Waals surface area (Å²) < 4.78 is 25.5. The highest BCUT2D eigenvalue weighted by atomic mass is 32.2. The van der Waals surface area contributed by atoms with E-state index in [2.05, 4.69) is 15.5 Å². The van der Waals surface area contributed by atoms with Crippen molar-refractivity contribution in [3.8, 4) is 22.9 Å². The first kappa shape index (κ1) is 20.7. The average molecular weight is 416 g/mol. The lowest BCUT2D eigenvalue weighted by Gasteiger charge is -2.10. The molecule has 3 rings (SSSR count). The summed E-state index contributed by atoms with van der Waals surface area (Å²) in [5.74, 6) is 1.55. The average Bonchev–Trinajstić information content (AvgIpc) is 3.16. The zero-order valence-electron chi connectivity index (χ0n) is 16.3. The summed E-state index contributed by atoms with van der Waals surface area (Å²) >= 11 is 1.28. The molecular formula is C20H21FN4O3S. The van der Waals surface area contributed by atoms with Gasteiger partial charge in [-0.25, -0.2) is 4.39 Å². The first-order chi connectivity index (χ1) is 14.0. The van der Waals surface area contributed by atoms with Gasteiger partial charge in [0.1, 0.15) is 17.3 Å². The van der Waals surface area contributed by atoms with Gasteiger partial charge in [0, 0.05) is 23.9 Å². The van der Waals surface area contributed by atoms with Gasteiger partial charge >= 0.3 is 0 Å². The molecule has 0 atom stereocenters. The third-order valence-corrected chi connectivity index (χ3v) is 5.07. The highest BCUT2D eigenvalue weighted by Crippen LogP contribution is 2.30. The molecule has 0 aliphatic rings. The number of hydrogen-bond acceptors (Lipinski definition) is 6. The monoisotopic (exact) mass is 416 g/mol. The number of aromatic nitrogens is 3. The van der Waals surface area contributed by atoms with E-state index < -0.39 is 0 Å². The molecule has 0 radical (unpaired) electrons. The van der Waals surface area contributed by atoms with Gasteiger partial charge in [-0.2, -0.15) is 0 Å². The zero-order valence-corrected chi connectivity index (χ0v) is 17.1. The molecule has 0 spiro atoms. The maximum Gasteiger partial charge on any atom is 0.234 e. The molecule has 1 aromatic heterocycles. The minimum absolute atomic E-state index is 0.150. The van der Waals surface area contributed by atoms with E-state index in [0.717, 1.165) is 5.56 Å². The van der Waals surface area contributed by atoms with E-state index in [9.17, 15) is 9.18 Å². The number of nitrogens with zero attached hydrogens (tertiary/aromatic N) is 3. The number of amides is 1. The molecule has 9 heteroatoms. The van der Waals surface area contributed by atoms with Crippen molar-refractivity contribution in [3.05, 3.63) is 48.3 Å². The third kappa shape index (κ3) is 5.05. The van der Waals surface area contributed by atoms with Crippen LogP contribution in [0.5, 0.6) is 11.5 Å². The lowest BCUT2D eigenvalue weighted by molar-refractivity contribution is -0.113. The van der Waals surface area contributed by atoms with Crippen molar-refractivity contribution in [2.24, 2.45) is 0 Å². The lowest BCUT2D eigenvalue weighted by Crippen LogP contribution is -2.14. The third-order valence-electron chi connectivity index (χ3n) is 4.10. The van der Waals surface area contributed by atoms with Crippen LogP contribution in [0, 0.1) is 5.82 Å². The van der Waals surface area contributed by atoms with Crippen LogP contribution in [0.4, 0.5) is 10.1 Å². The molecule has 1 N–H and O–H groups in total. The van der Waals surface area contributed by atoms with Crippen LogP contribution < -0.4 is 14.8 Å². The fraction of sp³-hybridized carbons (Fsp3) is 0.250. The van der Waals surface area contributed by atoms with Crippen molar-refractivity contribution in [1.82, 2.24) is 14.8 Å². The van der Waals surface area contributed by atoms with Crippen molar-refractivity contribution in [1.29, 1.82) is 0 Å². The number of nitrogens with one attached hydrogen (secondary N) is 1. The van der Waals surface area contributed by atoms with E-state index in [4.69, 9.17) is 9.47 Å². The minimum Gasteiger partial charge on any atom is -0.497 e. The molecule has 1 amide bonds. The quantitative estimate of drug-likeness (QED) is 0.562. The summed E-state index contributed by atoms with van der Waals surface area (Å²) in [6, 6.07) is 11.1. The number of rotatable bonds is 8. The number of carbonyl (C=O) groups excluding carboxylic acids is 1. The Labute approximate surface area is 172 Å². The number of thioether (sulfide) groups is 1. The van der Waals surface area contributed by atoms with E-state index in [1.54, 1.807) is 20.3 Å². The van der Waals surface area contributed by atoms with Gasteiger partial charge < -0.3 is 19.4 Å². The van der Waals surface area contributed by atoms with Gasteiger partial charge in [0.25, 0.3) is 0 Å². The summed E-state index contributed by atoms with van der Waals surface area (Å²) in [6.07, 6.45) is 0. The minimum atomic E-state index is -0.352. The number of methoxy groups -OCH3 is 2. The fourth-order valence-corrected chi connectivity index (χ4v) is 3.49. The van der Waals surface area contributed by atoms with Gasteiger partial charge in [0.2, 0.25) is 5.91 Å². The maximum absolute atomic E-state index is 13.0. The normalized spacial score (nSPS) is 10.6. The Kier molecular flexibility index (Phi) is 6.71. The molecule has 0 fully saturated rings. The molecule has 2 aromatic carbocycles. The van der Waals surface area contributed by atoms with Crippen molar-refractivity contribution in [2.45, 2.75) is 18.6 Å². The molecule has 0 aliphatic heterocycles. The summed E-state index contributed by atoms with van der Waals surface area (Å²) in [5.41, 5.74) is 1.34. The van der Waals surface area contributed by atoms with E-state index in [1.165, 1.54) is 36.0 Å². The van der Waals surface area contributed by atoms with Crippen LogP contribution in [0.1, 0.15) is 6.92 Å². The number of carbonyl (C=O) groups is 1. The molecule has 152 valence electrons. The van der Waals surface area contributed by atoms with Crippen molar-refractivity contribution in [2.75, 3.05) is 25.3 Å². The molecule has 3 aromatic rings. The standard InChI is InChI=1S/C20H21FN4O3S/c1-4-25-19(13-9-16(27-2)11-17(10-13)28-3)23-24-20(25)29-12-18(26)22-15-7-5-14(21)6-8-15/h5-11H,4,12H2,1-3H3,(H,22,26). The summed E-state index contributed by atoms with van der Waals surface area (Å²) in [4.78, 5) is 12.2. The van der Waals surface area contributed by atoms with E-state index >= 15 is 0 Å². The molecule has 0 saturated heterocycles. The van der Waals surface area contributed by atoms with Crippen LogP contribution in [0.25, 0.3) is 11.4 Å². The second kappa shape index (κ2) is 9.42. The smallest absolute Gasteiger partial charge is 0.234 e. The molecule has 7 nitrogen and oxygen atoms in total. The summed E-state index contributed by atoms with van der Waals surface area (Å²) in [5, 5.41) is 11.9. The van der Waals surface area contributed by atoms with Crippen LogP contribution in [0.3, 0.4) is 0 Å². The van der Waals surface area contributed by atoms with Crippen LogP contribution in [-0.4, -0.2) is 40.6 Å². The molecular weight excluding hydrogens is 395 g/mol. The fourth-order valence-electron chi connectivity index (χ4n) is 2.69. The summed E-state index contributed by atoms with van der Waals surface area (Å²) in [7, 11) is 3.17. The molecule has 1 heterocycles. The van der Waals surface area contributed by atoms with Gasteiger partial charge in [0.15, 0.2) is 11.0 Å². The topological polar surface area (TPSA) is 78.3 Å². The SMILES string of the molecule is CCn1c(SCC(=O)Nc2ccc(F)cc2)nnc1-c1cc(OC)cc(OC)c1. The van der Waals surface area contributed by atoms with Gasteiger partial charge in [-0.05, 0) is 43.3 Å². The first-order valence-electron chi connectivity index (χ1n) is 8.89. The van der Waals surface area contributed by atoms with Gasteiger partial charge in [-0.3, -0.25) is 4.79 Å². The Bertz CT molecular complexity index is 970. The molecule has 0 saturated carbocycles. The zero-order chi connectivity index (χ0) is 20.8. The van der Waals surface area contributed by atoms with E-state index in [1.807, 2.05) is 23.6 Å². The predicted octanol–water partition coefficient (Wildman–Crippen LogP) is 3.85. The van der Waals surface area contributed by atoms with E-state index in [-0.39, 0.29) is 17.5 Å². The lowest BCUT2D eigenvalue weighted by atomic mass is 10.2. The van der Waals surface area contributed by atoms with Crippen LogP contribution in [-0.2, 0) is 11.3 Å². The largest absolute Gasteiger partial charge is 0.497 e. The van der Waals surface area contributed by atoms with Crippen LogP contribution >= 0.6 is 11.8 Å². The molecule has 0 aliphatic carbocycles. The highest BCUT2D eigenvalue weighted by Gasteiger charge is 2.16. The Morgan fingerprint density at radius 3 is 2.34 bits per heavy atom. The van der Waals surface area contributed by atoms with Crippen LogP contribution in [0.15, 0.2) is 47.6 Å². The van der Waals surface area contributed by atoms with Gasteiger partial charge in [0.05, 0.1) is 20.0 Å². The number of benzene rings is 2. The van der Waals surface area contributed by atoms with Gasteiger partial charge in [-0.15, -0.1) is 10.2 Å². The number of ether oxygens (including phenoxy) is 2. The molecule has 29 heavy (non-hydrogen) atoms. The van der Waals surface area contributed by atoms with Crippen LogP contribution in [0.2, 0.25) is 0 Å². The Balaban J connectivity index is 1.74. The van der Waals surface area contributed by atoms with Crippen molar-refractivity contribution < 1.29 is 18.7 Å². The first-order valence-corrected chi connectivity index (χ1v) is 9.87. The second-order valence-corrected chi connectivity index (χ2v) is 6.94. The van der Waals surface area contributed by atoms with Gasteiger partial charge in [-0.1, -0.05) is 11.8 Å². The molecule has 0 unspecified atom stereocenters. The Morgan fingerprint density at radius 1 is 1.10 bits per heavy atom. The number of hydrogen-bond donors (Lipinski definition) is 1. The predicted molar refractivity (Wildman–Crippen MR) is 110 cm³/mol. The second-order valence-electron chi connectivity index (χ2n) is 6.00. The van der Waals surface area contributed by atoms with Crippen molar-refractivity contribution >= 4 is 23.4 Å². The van der Waals surface area contributed by atoms with Crippen molar-refractivity contribution in [3.63, 3.8) is 0 Å².